The highest BCUT2D eigenvalue weighted by Crippen LogP contribution is 2.39. The van der Waals surface area contributed by atoms with Gasteiger partial charge in [-0.1, -0.05) is 43.2 Å². The summed E-state index contributed by atoms with van der Waals surface area (Å²) in [6.45, 7) is 3.89. The molecule has 0 amide bonds. The van der Waals surface area contributed by atoms with Crippen molar-refractivity contribution in [1.29, 1.82) is 0 Å². The van der Waals surface area contributed by atoms with Crippen LogP contribution in [0.1, 0.15) is 37.7 Å². The molecule has 2 aliphatic rings. The Balaban J connectivity index is 1.80. The van der Waals surface area contributed by atoms with Crippen LogP contribution < -0.4 is 0 Å². The standard InChI is InChI=1S/C20H26FNO2/c21-19-9-7-18(8-10-19)20(23,17-5-2-1-3-6-17)11-4-12-22-13-15-24-16-14-22/h7-10,17,23H,1-3,5-6,12-16H2. The van der Waals surface area contributed by atoms with Gasteiger partial charge in [0.25, 0.3) is 0 Å². The van der Waals surface area contributed by atoms with Crippen LogP contribution in [-0.2, 0) is 10.3 Å². The second kappa shape index (κ2) is 8.11. The van der Waals surface area contributed by atoms with Gasteiger partial charge in [-0.15, -0.1) is 0 Å². The molecule has 1 aromatic rings. The number of nitrogens with zero attached hydrogens (tertiary/aromatic N) is 1. The average Bonchev–Trinajstić information content (AvgIpc) is 2.64. The van der Waals surface area contributed by atoms with Gasteiger partial charge in [-0.25, -0.2) is 4.39 Å². The van der Waals surface area contributed by atoms with E-state index in [9.17, 15) is 9.50 Å². The monoisotopic (exact) mass is 331 g/mol. The Morgan fingerprint density at radius 2 is 1.79 bits per heavy atom. The van der Waals surface area contributed by atoms with Crippen molar-refractivity contribution < 1.29 is 14.2 Å². The third-order valence-corrected chi connectivity index (χ3v) is 5.17. The molecule has 1 saturated carbocycles. The second-order valence-corrected chi connectivity index (χ2v) is 6.80. The number of rotatable bonds is 3. The first-order chi connectivity index (χ1) is 11.7. The Morgan fingerprint density at radius 3 is 2.46 bits per heavy atom. The van der Waals surface area contributed by atoms with Gasteiger partial charge in [-0.3, -0.25) is 4.90 Å². The molecule has 0 spiro atoms. The molecule has 24 heavy (non-hydrogen) atoms. The maximum absolute atomic E-state index is 13.3. The molecule has 1 N–H and O–H groups in total. The maximum atomic E-state index is 13.3. The third-order valence-electron chi connectivity index (χ3n) is 5.17. The molecule has 1 unspecified atom stereocenters. The highest BCUT2D eigenvalue weighted by molar-refractivity contribution is 5.33. The molecule has 0 radical (unpaired) electrons. The van der Waals surface area contributed by atoms with Crippen LogP contribution in [0.4, 0.5) is 4.39 Å². The van der Waals surface area contributed by atoms with Gasteiger partial charge in [-0.2, -0.15) is 0 Å². The molecule has 1 saturated heterocycles. The highest BCUT2D eigenvalue weighted by atomic mass is 19.1. The first kappa shape index (κ1) is 17.4. The first-order valence-electron chi connectivity index (χ1n) is 8.97. The molecule has 1 aliphatic heterocycles. The van der Waals surface area contributed by atoms with Crippen LogP contribution in [0.3, 0.4) is 0 Å². The second-order valence-electron chi connectivity index (χ2n) is 6.80. The summed E-state index contributed by atoms with van der Waals surface area (Å²) in [5.41, 5.74) is -0.467. The van der Waals surface area contributed by atoms with Crippen LogP contribution >= 0.6 is 0 Å². The van der Waals surface area contributed by atoms with E-state index in [-0.39, 0.29) is 11.7 Å². The number of morpholine rings is 1. The minimum atomic E-state index is -1.18. The van der Waals surface area contributed by atoms with Gasteiger partial charge < -0.3 is 9.84 Å². The molecule has 0 aromatic heterocycles. The summed E-state index contributed by atoms with van der Waals surface area (Å²) in [6, 6.07) is 6.17. The molecule has 2 fully saturated rings. The number of hydrogen-bond acceptors (Lipinski definition) is 3. The molecule has 3 nitrogen and oxygen atoms in total. The fourth-order valence-corrected chi connectivity index (χ4v) is 3.68. The van der Waals surface area contributed by atoms with Crippen LogP contribution in [0.5, 0.6) is 0 Å². The van der Waals surface area contributed by atoms with Crippen LogP contribution in [0.2, 0.25) is 0 Å². The van der Waals surface area contributed by atoms with E-state index in [0.717, 1.165) is 52.0 Å². The number of ether oxygens (including phenoxy) is 1. The van der Waals surface area contributed by atoms with E-state index >= 15 is 0 Å². The lowest BCUT2D eigenvalue weighted by Crippen LogP contribution is -2.37. The largest absolute Gasteiger partial charge is 0.379 e. The summed E-state index contributed by atoms with van der Waals surface area (Å²) in [4.78, 5) is 2.24. The van der Waals surface area contributed by atoms with Crippen molar-refractivity contribution in [3.63, 3.8) is 0 Å². The summed E-state index contributed by atoms with van der Waals surface area (Å²) in [5, 5.41) is 11.4. The van der Waals surface area contributed by atoms with Gasteiger partial charge in [0, 0.05) is 19.0 Å². The van der Waals surface area contributed by atoms with E-state index in [1.807, 2.05) is 0 Å². The molecular formula is C20H26FNO2. The fourth-order valence-electron chi connectivity index (χ4n) is 3.68. The Labute approximate surface area is 143 Å². The van der Waals surface area contributed by atoms with Crippen molar-refractivity contribution in [2.24, 2.45) is 5.92 Å². The van der Waals surface area contributed by atoms with Crippen molar-refractivity contribution in [1.82, 2.24) is 4.90 Å². The molecule has 3 rings (SSSR count). The van der Waals surface area contributed by atoms with Crippen molar-refractivity contribution in [2.45, 2.75) is 37.7 Å². The number of halogens is 1. The van der Waals surface area contributed by atoms with Gasteiger partial charge in [-0.05, 0) is 30.5 Å². The Morgan fingerprint density at radius 1 is 1.12 bits per heavy atom. The molecule has 1 aromatic carbocycles. The molecule has 4 heteroatoms. The van der Waals surface area contributed by atoms with E-state index in [0.29, 0.717) is 12.1 Å². The summed E-state index contributed by atoms with van der Waals surface area (Å²) in [5.74, 6) is 6.17. The maximum Gasteiger partial charge on any atom is 0.153 e. The summed E-state index contributed by atoms with van der Waals surface area (Å²) >= 11 is 0. The quantitative estimate of drug-likeness (QED) is 0.865. The summed E-state index contributed by atoms with van der Waals surface area (Å²) in [7, 11) is 0. The molecular weight excluding hydrogens is 305 g/mol. The van der Waals surface area contributed by atoms with Crippen LogP contribution in [0.15, 0.2) is 24.3 Å². The average molecular weight is 331 g/mol. The lowest BCUT2D eigenvalue weighted by molar-refractivity contribution is 0.0155. The predicted molar refractivity (Wildman–Crippen MR) is 91.9 cm³/mol. The van der Waals surface area contributed by atoms with Crippen LogP contribution in [-0.4, -0.2) is 42.9 Å². The van der Waals surface area contributed by atoms with Gasteiger partial charge in [0.2, 0.25) is 0 Å². The Kier molecular flexibility index (Phi) is 5.89. The minimum absolute atomic E-state index is 0.119. The number of hydrogen-bond donors (Lipinski definition) is 1. The molecule has 0 bridgehead atoms. The summed E-state index contributed by atoms with van der Waals surface area (Å²) in [6.07, 6.45) is 5.41. The van der Waals surface area contributed by atoms with Crippen LogP contribution in [0, 0.1) is 23.6 Å². The smallest absolute Gasteiger partial charge is 0.153 e. The van der Waals surface area contributed by atoms with Crippen molar-refractivity contribution in [3.05, 3.63) is 35.6 Å². The van der Waals surface area contributed by atoms with Gasteiger partial charge >= 0.3 is 0 Å². The van der Waals surface area contributed by atoms with Gasteiger partial charge in [0.15, 0.2) is 5.60 Å². The fraction of sp³-hybridized carbons (Fsp3) is 0.600. The molecule has 1 atom stereocenters. The van der Waals surface area contributed by atoms with Crippen molar-refractivity contribution in [3.8, 4) is 11.8 Å². The van der Waals surface area contributed by atoms with E-state index in [4.69, 9.17) is 4.74 Å². The van der Waals surface area contributed by atoms with E-state index in [2.05, 4.69) is 16.7 Å². The Hall–Kier alpha value is -1.41. The summed E-state index contributed by atoms with van der Waals surface area (Å²) < 4.78 is 18.6. The molecule has 130 valence electrons. The van der Waals surface area contributed by atoms with Gasteiger partial charge in [0.05, 0.1) is 19.8 Å². The van der Waals surface area contributed by atoms with Crippen molar-refractivity contribution >= 4 is 0 Å². The minimum Gasteiger partial charge on any atom is -0.379 e. The first-order valence-corrected chi connectivity index (χ1v) is 8.97. The van der Waals surface area contributed by atoms with E-state index in [1.54, 1.807) is 12.1 Å². The zero-order valence-corrected chi connectivity index (χ0v) is 14.1. The van der Waals surface area contributed by atoms with E-state index in [1.165, 1.54) is 18.6 Å². The SMILES string of the molecule is OC(C#CCN1CCOCC1)(c1ccc(F)cc1)C1CCCCC1. The zero-order valence-electron chi connectivity index (χ0n) is 14.1. The zero-order chi connectivity index (χ0) is 16.8. The lowest BCUT2D eigenvalue weighted by Gasteiger charge is -2.35. The van der Waals surface area contributed by atoms with Gasteiger partial charge in [0.1, 0.15) is 5.82 Å². The lowest BCUT2D eigenvalue weighted by atomic mass is 9.73. The highest BCUT2D eigenvalue weighted by Gasteiger charge is 2.37. The predicted octanol–water partition coefficient (Wildman–Crippen LogP) is 2.93. The van der Waals surface area contributed by atoms with Crippen LogP contribution in [0.25, 0.3) is 0 Å². The normalized spacial score (nSPS) is 22.4. The van der Waals surface area contributed by atoms with E-state index < -0.39 is 5.60 Å². The van der Waals surface area contributed by atoms with Crippen molar-refractivity contribution in [2.75, 3.05) is 32.8 Å². The molecule has 1 heterocycles. The number of aliphatic hydroxyl groups is 1. The third kappa shape index (κ3) is 4.16. The topological polar surface area (TPSA) is 32.7 Å². The Bertz CT molecular complexity index is 580. The molecule has 1 aliphatic carbocycles. The number of benzene rings is 1.